The first-order valence-corrected chi connectivity index (χ1v) is 9.45. The van der Waals surface area contributed by atoms with Crippen molar-refractivity contribution in [2.45, 2.75) is 11.8 Å². The Kier molecular flexibility index (Phi) is 3.76. The smallest absolute Gasteiger partial charge is 0.234 e. The van der Waals surface area contributed by atoms with Gasteiger partial charge in [0, 0.05) is 11.8 Å². The van der Waals surface area contributed by atoms with Crippen LogP contribution in [0.3, 0.4) is 0 Å². The van der Waals surface area contributed by atoms with Gasteiger partial charge in [-0.2, -0.15) is 0 Å². The molecule has 0 spiro atoms. The molecular formula is C23H21NO3. The summed E-state index contributed by atoms with van der Waals surface area (Å²) in [4.78, 5) is 27.9. The molecule has 1 aliphatic heterocycles. The number of hydrogen-bond acceptors (Lipinski definition) is 3. The third-order valence-corrected chi connectivity index (χ3v) is 6.23. The summed E-state index contributed by atoms with van der Waals surface area (Å²) in [5.74, 6) is -0.776. The van der Waals surface area contributed by atoms with Crippen LogP contribution in [0.15, 0.2) is 61.2 Å². The summed E-state index contributed by atoms with van der Waals surface area (Å²) in [7, 11) is 0. The molecule has 2 atom stereocenters. The maximum Gasteiger partial charge on any atom is 0.234 e. The molecule has 4 nitrogen and oxygen atoms in total. The maximum atomic E-state index is 13.3. The standard InChI is InChI=1S/C23H21NO3/c1-2-12-27-13-11-24-22(25)20-18-14-7-3-4-8-15(14)19(21(20)23(24)26)17-10-6-5-9-16(17)18/h2-10,18-21H,1,11-13H2. The summed E-state index contributed by atoms with van der Waals surface area (Å²) in [6.07, 6.45) is 1.67. The Bertz CT molecular complexity index is 835. The van der Waals surface area contributed by atoms with Crippen LogP contribution in [0.1, 0.15) is 34.1 Å². The number of likely N-dealkylation sites (tertiary alicyclic amines) is 1. The Balaban J connectivity index is 1.58. The Morgan fingerprint density at radius 3 is 1.70 bits per heavy atom. The molecule has 2 amide bonds. The average Bonchev–Trinajstić information content (AvgIpc) is 2.96. The van der Waals surface area contributed by atoms with Crippen molar-refractivity contribution >= 4 is 11.8 Å². The van der Waals surface area contributed by atoms with Gasteiger partial charge in [-0.3, -0.25) is 14.5 Å². The van der Waals surface area contributed by atoms with E-state index < -0.39 is 0 Å². The van der Waals surface area contributed by atoms with Gasteiger partial charge < -0.3 is 4.74 Å². The zero-order chi connectivity index (χ0) is 18.5. The summed E-state index contributed by atoms with van der Waals surface area (Å²) >= 11 is 0. The van der Waals surface area contributed by atoms with E-state index in [1.54, 1.807) is 6.08 Å². The molecule has 2 unspecified atom stereocenters. The van der Waals surface area contributed by atoms with Gasteiger partial charge in [0.05, 0.1) is 31.6 Å². The summed E-state index contributed by atoms with van der Waals surface area (Å²) in [6.45, 7) is 4.70. The second kappa shape index (κ2) is 6.17. The highest BCUT2D eigenvalue weighted by atomic mass is 16.5. The van der Waals surface area contributed by atoms with Crippen molar-refractivity contribution in [3.05, 3.63) is 83.4 Å². The van der Waals surface area contributed by atoms with Gasteiger partial charge in [-0.25, -0.2) is 0 Å². The topological polar surface area (TPSA) is 46.6 Å². The normalized spacial score (nSPS) is 27.3. The molecule has 0 radical (unpaired) electrons. The fraction of sp³-hybridized carbons (Fsp3) is 0.304. The lowest BCUT2D eigenvalue weighted by Gasteiger charge is -2.45. The Morgan fingerprint density at radius 1 is 0.852 bits per heavy atom. The molecular weight excluding hydrogens is 338 g/mol. The number of carbonyl (C=O) groups excluding carboxylic acids is 2. The van der Waals surface area contributed by atoms with Crippen molar-refractivity contribution in [3.8, 4) is 0 Å². The van der Waals surface area contributed by atoms with Crippen molar-refractivity contribution < 1.29 is 14.3 Å². The molecule has 1 saturated heterocycles. The molecule has 4 aliphatic rings. The third kappa shape index (κ3) is 2.20. The first kappa shape index (κ1) is 16.5. The molecule has 2 aromatic rings. The number of benzene rings is 2. The van der Waals surface area contributed by atoms with E-state index in [0.717, 1.165) is 0 Å². The van der Waals surface area contributed by atoms with Gasteiger partial charge in [-0.1, -0.05) is 54.6 Å². The minimum Gasteiger partial charge on any atom is -0.376 e. The van der Waals surface area contributed by atoms with Gasteiger partial charge >= 0.3 is 0 Å². The number of carbonyl (C=O) groups is 2. The largest absolute Gasteiger partial charge is 0.376 e. The summed E-state index contributed by atoms with van der Waals surface area (Å²) in [6, 6.07) is 16.6. The monoisotopic (exact) mass is 359 g/mol. The number of ether oxygens (including phenoxy) is 1. The molecule has 0 aromatic heterocycles. The van der Waals surface area contributed by atoms with Gasteiger partial charge in [-0.15, -0.1) is 6.58 Å². The van der Waals surface area contributed by atoms with Crippen molar-refractivity contribution in [2.24, 2.45) is 11.8 Å². The van der Waals surface area contributed by atoms with Crippen LogP contribution >= 0.6 is 0 Å². The predicted molar refractivity (Wildman–Crippen MR) is 101 cm³/mol. The summed E-state index contributed by atoms with van der Waals surface area (Å²) in [5, 5.41) is 0. The number of hydrogen-bond donors (Lipinski definition) is 0. The Morgan fingerprint density at radius 2 is 1.30 bits per heavy atom. The molecule has 27 heavy (non-hydrogen) atoms. The second-order valence-corrected chi connectivity index (χ2v) is 7.46. The van der Waals surface area contributed by atoms with Gasteiger partial charge in [0.25, 0.3) is 0 Å². The quantitative estimate of drug-likeness (QED) is 0.468. The minimum atomic E-state index is -0.299. The van der Waals surface area contributed by atoms with Crippen LogP contribution < -0.4 is 0 Å². The van der Waals surface area contributed by atoms with Crippen LogP contribution in [-0.4, -0.2) is 36.5 Å². The minimum absolute atomic E-state index is 0.0389. The lowest BCUT2D eigenvalue weighted by atomic mass is 9.55. The van der Waals surface area contributed by atoms with Crippen LogP contribution in [-0.2, 0) is 14.3 Å². The van der Waals surface area contributed by atoms with Gasteiger partial charge in [-0.05, 0) is 22.3 Å². The third-order valence-electron chi connectivity index (χ3n) is 6.23. The number of imide groups is 1. The van der Waals surface area contributed by atoms with E-state index in [-0.39, 0.29) is 35.5 Å². The zero-order valence-corrected chi connectivity index (χ0v) is 15.0. The van der Waals surface area contributed by atoms with Crippen LogP contribution in [0.5, 0.6) is 0 Å². The van der Waals surface area contributed by atoms with E-state index in [1.807, 2.05) is 24.3 Å². The molecule has 3 aliphatic carbocycles. The van der Waals surface area contributed by atoms with Gasteiger partial charge in [0.15, 0.2) is 0 Å². The van der Waals surface area contributed by atoms with Crippen molar-refractivity contribution in [2.75, 3.05) is 19.8 Å². The van der Waals surface area contributed by atoms with Crippen molar-refractivity contribution in [1.82, 2.24) is 4.90 Å². The van der Waals surface area contributed by atoms with E-state index in [0.29, 0.717) is 19.8 Å². The maximum absolute atomic E-state index is 13.3. The molecule has 4 heteroatoms. The highest BCUT2D eigenvalue weighted by Gasteiger charge is 2.61. The lowest BCUT2D eigenvalue weighted by molar-refractivity contribution is -0.140. The zero-order valence-electron chi connectivity index (χ0n) is 15.0. The number of rotatable bonds is 5. The van der Waals surface area contributed by atoms with E-state index in [2.05, 4.69) is 30.8 Å². The van der Waals surface area contributed by atoms with Crippen LogP contribution in [0.4, 0.5) is 0 Å². The predicted octanol–water partition coefficient (Wildman–Crippen LogP) is 3.08. The highest BCUT2D eigenvalue weighted by molar-refractivity contribution is 6.07. The van der Waals surface area contributed by atoms with Crippen LogP contribution in [0, 0.1) is 11.8 Å². The Hall–Kier alpha value is -2.72. The van der Waals surface area contributed by atoms with E-state index >= 15 is 0 Å². The highest BCUT2D eigenvalue weighted by Crippen LogP contribution is 2.60. The molecule has 2 aromatic carbocycles. The first-order valence-electron chi connectivity index (χ1n) is 9.45. The second-order valence-electron chi connectivity index (χ2n) is 7.46. The fourth-order valence-corrected chi connectivity index (χ4v) is 5.28. The molecule has 0 N–H and O–H groups in total. The van der Waals surface area contributed by atoms with E-state index in [1.165, 1.54) is 27.2 Å². The van der Waals surface area contributed by atoms with Gasteiger partial charge in [0.1, 0.15) is 0 Å². The molecule has 0 saturated carbocycles. The number of nitrogens with zero attached hydrogens (tertiary/aromatic N) is 1. The van der Waals surface area contributed by atoms with Gasteiger partial charge in [0.2, 0.25) is 11.8 Å². The fourth-order valence-electron chi connectivity index (χ4n) is 5.28. The lowest BCUT2D eigenvalue weighted by Crippen LogP contribution is -2.41. The molecule has 1 fully saturated rings. The average molecular weight is 359 g/mol. The molecule has 6 rings (SSSR count). The molecule has 136 valence electrons. The molecule has 2 bridgehead atoms. The summed E-state index contributed by atoms with van der Waals surface area (Å²) in [5.41, 5.74) is 4.81. The van der Waals surface area contributed by atoms with E-state index in [4.69, 9.17) is 4.74 Å². The SMILES string of the molecule is C=CCOCCN1C(=O)C2C3c4ccccc4C(c4ccccc43)C2C1=O. The van der Waals surface area contributed by atoms with Crippen molar-refractivity contribution in [1.29, 1.82) is 0 Å². The van der Waals surface area contributed by atoms with Crippen LogP contribution in [0.2, 0.25) is 0 Å². The van der Waals surface area contributed by atoms with Crippen LogP contribution in [0.25, 0.3) is 0 Å². The van der Waals surface area contributed by atoms with E-state index in [9.17, 15) is 9.59 Å². The first-order chi connectivity index (χ1) is 13.2. The van der Waals surface area contributed by atoms with Crippen molar-refractivity contribution in [3.63, 3.8) is 0 Å². The Labute approximate surface area is 158 Å². The molecule has 1 heterocycles. The number of amides is 2. The summed E-state index contributed by atoms with van der Waals surface area (Å²) < 4.78 is 5.42.